The summed E-state index contributed by atoms with van der Waals surface area (Å²) >= 11 is 7.71. The quantitative estimate of drug-likeness (QED) is 0.725. The van der Waals surface area contributed by atoms with E-state index in [1.54, 1.807) is 17.4 Å². The van der Waals surface area contributed by atoms with E-state index in [1.807, 2.05) is 39.2 Å². The Hall–Kier alpha value is -1.95. The third-order valence-corrected chi connectivity index (χ3v) is 5.16. The summed E-state index contributed by atoms with van der Waals surface area (Å²) in [5.41, 5.74) is 3.33. The van der Waals surface area contributed by atoms with E-state index in [0.29, 0.717) is 22.8 Å². The van der Waals surface area contributed by atoms with Gasteiger partial charge in [-0.15, -0.1) is 0 Å². The van der Waals surface area contributed by atoms with E-state index in [4.69, 9.17) is 11.6 Å². The molecular formula is C19H20ClN3OS. The lowest BCUT2D eigenvalue weighted by Crippen LogP contribution is -2.34. The van der Waals surface area contributed by atoms with Crippen LogP contribution in [0.1, 0.15) is 27.7 Å². The van der Waals surface area contributed by atoms with Crippen LogP contribution in [0.2, 0.25) is 5.02 Å². The monoisotopic (exact) mass is 373 g/mol. The minimum atomic E-state index is -0.117. The molecule has 0 aliphatic carbocycles. The highest BCUT2D eigenvalue weighted by Crippen LogP contribution is 2.22. The van der Waals surface area contributed by atoms with Crippen LogP contribution < -0.4 is 5.32 Å². The first-order chi connectivity index (χ1) is 12.0. The van der Waals surface area contributed by atoms with Crippen molar-refractivity contribution in [3.63, 3.8) is 0 Å². The molecule has 1 N–H and O–H groups in total. The molecule has 0 radical (unpaired) electrons. The van der Waals surface area contributed by atoms with Gasteiger partial charge < -0.3 is 10.2 Å². The number of aryl methyl sites for hydroxylation is 1. The molecule has 3 aromatic rings. The molecule has 0 bridgehead atoms. The molecule has 2 aromatic heterocycles. The van der Waals surface area contributed by atoms with Gasteiger partial charge in [0.25, 0.3) is 5.91 Å². The Kier molecular flexibility index (Phi) is 5.37. The van der Waals surface area contributed by atoms with Gasteiger partial charge in [0.2, 0.25) is 0 Å². The zero-order valence-electron chi connectivity index (χ0n) is 14.4. The highest BCUT2D eigenvalue weighted by Gasteiger charge is 2.18. The molecule has 0 saturated carbocycles. The minimum absolute atomic E-state index is 0.117. The first-order valence-corrected chi connectivity index (χ1v) is 9.31. The second-order valence-electron chi connectivity index (χ2n) is 6.20. The molecule has 1 atom stereocenters. The average Bonchev–Trinajstić information content (AvgIpc) is 3.08. The van der Waals surface area contributed by atoms with Crippen LogP contribution in [0.15, 0.2) is 41.1 Å². The predicted molar refractivity (Wildman–Crippen MR) is 105 cm³/mol. The molecule has 2 heterocycles. The standard InChI is InChI=1S/C19H20ClN3OS/c1-12-16(9-14-8-15(20)4-5-17(14)22-12)19(24)21-10-18(23(2)3)13-6-7-25-11-13/h4-9,11,18H,10H2,1-3H3,(H,21,24). The molecule has 0 aliphatic heterocycles. The number of benzene rings is 1. The molecule has 25 heavy (non-hydrogen) atoms. The number of hydrogen-bond donors (Lipinski definition) is 1. The molecule has 4 nitrogen and oxygen atoms in total. The molecule has 3 rings (SSSR count). The smallest absolute Gasteiger partial charge is 0.253 e. The Morgan fingerprint density at radius 1 is 1.32 bits per heavy atom. The van der Waals surface area contributed by atoms with Crippen LogP contribution >= 0.6 is 22.9 Å². The number of aromatic nitrogens is 1. The van der Waals surface area contributed by atoms with Gasteiger partial charge in [-0.25, -0.2) is 0 Å². The molecule has 0 spiro atoms. The van der Waals surface area contributed by atoms with E-state index in [1.165, 1.54) is 5.56 Å². The number of rotatable bonds is 5. The summed E-state index contributed by atoms with van der Waals surface area (Å²) in [7, 11) is 4.03. The number of nitrogens with zero attached hydrogens (tertiary/aromatic N) is 2. The normalized spacial score (nSPS) is 12.5. The van der Waals surface area contributed by atoms with Crippen molar-refractivity contribution in [2.24, 2.45) is 0 Å². The summed E-state index contributed by atoms with van der Waals surface area (Å²) < 4.78 is 0. The zero-order valence-corrected chi connectivity index (χ0v) is 16.0. The number of hydrogen-bond acceptors (Lipinski definition) is 4. The van der Waals surface area contributed by atoms with Crippen molar-refractivity contribution < 1.29 is 4.79 Å². The van der Waals surface area contributed by atoms with E-state index in [2.05, 4.69) is 32.0 Å². The Morgan fingerprint density at radius 3 is 2.80 bits per heavy atom. The van der Waals surface area contributed by atoms with E-state index in [9.17, 15) is 4.79 Å². The maximum atomic E-state index is 12.7. The number of carbonyl (C=O) groups is 1. The maximum Gasteiger partial charge on any atom is 0.253 e. The van der Waals surface area contributed by atoms with Gasteiger partial charge in [0.15, 0.2) is 0 Å². The van der Waals surface area contributed by atoms with Gasteiger partial charge in [-0.05, 0) is 67.7 Å². The lowest BCUT2D eigenvalue weighted by atomic mass is 10.1. The number of fused-ring (bicyclic) bond motifs is 1. The molecule has 0 aliphatic rings. The summed E-state index contributed by atoms with van der Waals surface area (Å²) in [5, 5.41) is 8.70. The number of pyridine rings is 1. The Bertz CT molecular complexity index is 893. The van der Waals surface area contributed by atoms with Crippen LogP contribution in [0.5, 0.6) is 0 Å². The van der Waals surface area contributed by atoms with E-state index in [-0.39, 0.29) is 11.9 Å². The van der Waals surface area contributed by atoms with Crippen LogP contribution in [-0.2, 0) is 0 Å². The fourth-order valence-corrected chi connectivity index (χ4v) is 3.71. The summed E-state index contributed by atoms with van der Waals surface area (Å²) in [5.74, 6) is -0.117. The predicted octanol–water partition coefficient (Wildman–Crippen LogP) is 4.29. The summed E-state index contributed by atoms with van der Waals surface area (Å²) in [6.45, 7) is 2.39. The van der Waals surface area contributed by atoms with Crippen molar-refractivity contribution in [3.8, 4) is 0 Å². The maximum absolute atomic E-state index is 12.7. The van der Waals surface area contributed by atoms with Gasteiger partial charge in [-0.2, -0.15) is 11.3 Å². The lowest BCUT2D eigenvalue weighted by molar-refractivity contribution is 0.0941. The summed E-state index contributed by atoms with van der Waals surface area (Å²) in [4.78, 5) is 19.3. The van der Waals surface area contributed by atoms with Gasteiger partial charge in [-0.3, -0.25) is 9.78 Å². The molecule has 1 unspecified atom stereocenters. The Balaban J connectivity index is 1.81. The Morgan fingerprint density at radius 2 is 2.12 bits per heavy atom. The van der Waals surface area contributed by atoms with Gasteiger partial charge in [0.05, 0.1) is 22.8 Å². The molecule has 0 fully saturated rings. The lowest BCUT2D eigenvalue weighted by Gasteiger charge is -2.24. The second-order valence-corrected chi connectivity index (χ2v) is 7.42. The fourth-order valence-electron chi connectivity index (χ4n) is 2.82. The van der Waals surface area contributed by atoms with Gasteiger partial charge >= 0.3 is 0 Å². The molecule has 130 valence electrons. The number of thiophene rings is 1. The first kappa shape index (κ1) is 17.9. The van der Waals surface area contributed by atoms with Crippen molar-refractivity contribution in [3.05, 3.63) is 62.9 Å². The molecule has 1 aromatic carbocycles. The molecular weight excluding hydrogens is 354 g/mol. The number of amides is 1. The van der Waals surface area contributed by atoms with Crippen LogP contribution in [0.4, 0.5) is 0 Å². The topological polar surface area (TPSA) is 45.2 Å². The van der Waals surface area contributed by atoms with Crippen molar-refractivity contribution in [1.82, 2.24) is 15.2 Å². The highest BCUT2D eigenvalue weighted by molar-refractivity contribution is 7.08. The van der Waals surface area contributed by atoms with Crippen LogP contribution in [0, 0.1) is 6.92 Å². The zero-order chi connectivity index (χ0) is 18.0. The van der Waals surface area contributed by atoms with Crippen LogP contribution in [0.3, 0.4) is 0 Å². The average molecular weight is 374 g/mol. The van der Waals surface area contributed by atoms with Crippen molar-refractivity contribution in [1.29, 1.82) is 0 Å². The van der Waals surface area contributed by atoms with Gasteiger partial charge in [0, 0.05) is 17.0 Å². The summed E-state index contributed by atoms with van der Waals surface area (Å²) in [6.07, 6.45) is 0. The molecule has 6 heteroatoms. The number of nitrogens with one attached hydrogen (secondary N) is 1. The van der Waals surface area contributed by atoms with Crippen molar-refractivity contribution in [2.45, 2.75) is 13.0 Å². The summed E-state index contributed by atoms with van der Waals surface area (Å²) in [6, 6.07) is 9.58. The number of likely N-dealkylation sites (N-methyl/N-ethyl adjacent to an activating group) is 1. The third kappa shape index (κ3) is 4.00. The SMILES string of the molecule is Cc1nc2ccc(Cl)cc2cc1C(=O)NCC(c1ccsc1)N(C)C. The van der Waals surface area contributed by atoms with Gasteiger partial charge in [-0.1, -0.05) is 11.6 Å². The van der Waals surface area contributed by atoms with Gasteiger partial charge in [0.1, 0.15) is 0 Å². The van der Waals surface area contributed by atoms with E-state index >= 15 is 0 Å². The van der Waals surface area contributed by atoms with Crippen molar-refractivity contribution in [2.75, 3.05) is 20.6 Å². The second kappa shape index (κ2) is 7.52. The first-order valence-electron chi connectivity index (χ1n) is 7.99. The van der Waals surface area contributed by atoms with E-state index < -0.39 is 0 Å². The molecule has 0 saturated heterocycles. The largest absolute Gasteiger partial charge is 0.350 e. The Labute approximate surface area is 156 Å². The van der Waals surface area contributed by atoms with Crippen molar-refractivity contribution >= 4 is 39.7 Å². The number of halogens is 1. The van der Waals surface area contributed by atoms with E-state index in [0.717, 1.165) is 10.9 Å². The number of carbonyl (C=O) groups excluding carboxylic acids is 1. The minimum Gasteiger partial charge on any atom is -0.350 e. The van der Waals surface area contributed by atoms with Crippen LogP contribution in [0.25, 0.3) is 10.9 Å². The highest BCUT2D eigenvalue weighted by atomic mass is 35.5. The molecule has 1 amide bonds. The van der Waals surface area contributed by atoms with Crippen LogP contribution in [-0.4, -0.2) is 36.4 Å². The third-order valence-electron chi connectivity index (χ3n) is 4.22. The fraction of sp³-hybridized carbons (Fsp3) is 0.263.